The minimum atomic E-state index is 0.708. The molecule has 0 atom stereocenters. The normalized spacial score (nSPS) is 19.4. The SMILES string of the molecule is Cc1ccc2nc3c(c(CNC4CCCC4)c2c1)CN(C)CC3. The second-order valence-corrected chi connectivity index (χ2v) is 7.39. The zero-order valence-corrected chi connectivity index (χ0v) is 14.4. The number of hydrogen-bond donors (Lipinski definition) is 1. The summed E-state index contributed by atoms with van der Waals surface area (Å²) in [6, 6.07) is 7.41. The van der Waals surface area contributed by atoms with Crippen LogP contribution in [0.5, 0.6) is 0 Å². The van der Waals surface area contributed by atoms with E-state index in [0.717, 1.165) is 26.1 Å². The highest BCUT2D eigenvalue weighted by molar-refractivity contribution is 5.84. The van der Waals surface area contributed by atoms with Crippen LogP contribution in [0.2, 0.25) is 0 Å². The lowest BCUT2D eigenvalue weighted by Gasteiger charge is -2.28. The van der Waals surface area contributed by atoms with Gasteiger partial charge in [-0.3, -0.25) is 4.98 Å². The zero-order valence-electron chi connectivity index (χ0n) is 14.4. The molecule has 4 rings (SSSR count). The van der Waals surface area contributed by atoms with Crippen LogP contribution < -0.4 is 5.32 Å². The summed E-state index contributed by atoms with van der Waals surface area (Å²) in [5.74, 6) is 0. The first-order valence-corrected chi connectivity index (χ1v) is 9.03. The third-order valence-corrected chi connectivity index (χ3v) is 5.53. The third kappa shape index (κ3) is 3.00. The Labute approximate surface area is 139 Å². The van der Waals surface area contributed by atoms with E-state index in [-0.39, 0.29) is 0 Å². The van der Waals surface area contributed by atoms with Gasteiger partial charge in [-0.2, -0.15) is 0 Å². The van der Waals surface area contributed by atoms with Gasteiger partial charge in [0.1, 0.15) is 0 Å². The first-order valence-electron chi connectivity index (χ1n) is 9.03. The smallest absolute Gasteiger partial charge is 0.0708 e. The van der Waals surface area contributed by atoms with Crippen molar-refractivity contribution in [3.8, 4) is 0 Å². The molecule has 23 heavy (non-hydrogen) atoms. The number of benzene rings is 1. The maximum Gasteiger partial charge on any atom is 0.0708 e. The van der Waals surface area contributed by atoms with Crippen molar-refractivity contribution in [1.29, 1.82) is 0 Å². The van der Waals surface area contributed by atoms with E-state index in [0.29, 0.717) is 6.04 Å². The summed E-state index contributed by atoms with van der Waals surface area (Å²) < 4.78 is 0. The highest BCUT2D eigenvalue weighted by Crippen LogP contribution is 2.29. The fraction of sp³-hybridized carbons (Fsp3) is 0.550. The molecule has 2 heterocycles. The highest BCUT2D eigenvalue weighted by Gasteiger charge is 2.22. The number of aryl methyl sites for hydroxylation is 1. The Hall–Kier alpha value is -1.45. The molecule has 0 amide bonds. The van der Waals surface area contributed by atoms with E-state index in [9.17, 15) is 0 Å². The first-order chi connectivity index (χ1) is 11.2. The predicted octanol–water partition coefficient (Wildman–Crippen LogP) is 3.56. The van der Waals surface area contributed by atoms with E-state index in [2.05, 4.69) is 42.4 Å². The summed E-state index contributed by atoms with van der Waals surface area (Å²) in [5.41, 5.74) is 6.78. The van der Waals surface area contributed by atoms with Crippen LogP contribution >= 0.6 is 0 Å². The maximum atomic E-state index is 4.98. The lowest BCUT2D eigenvalue weighted by molar-refractivity contribution is 0.308. The highest BCUT2D eigenvalue weighted by atomic mass is 15.1. The van der Waals surface area contributed by atoms with E-state index < -0.39 is 0 Å². The van der Waals surface area contributed by atoms with Gasteiger partial charge in [0.05, 0.1) is 5.52 Å². The Morgan fingerprint density at radius 1 is 1.26 bits per heavy atom. The molecular weight excluding hydrogens is 282 g/mol. The molecule has 2 aromatic rings. The molecule has 3 nitrogen and oxygen atoms in total. The molecule has 0 radical (unpaired) electrons. The second-order valence-electron chi connectivity index (χ2n) is 7.39. The molecule has 0 spiro atoms. The molecule has 2 aliphatic rings. The number of fused-ring (bicyclic) bond motifs is 2. The Morgan fingerprint density at radius 2 is 2.09 bits per heavy atom. The van der Waals surface area contributed by atoms with Gasteiger partial charge in [-0.15, -0.1) is 0 Å². The number of hydrogen-bond acceptors (Lipinski definition) is 3. The number of likely N-dealkylation sites (N-methyl/N-ethyl adjacent to an activating group) is 1. The standard InChI is InChI=1S/C20H27N3/c1-14-7-8-19-16(11-14)17(12-21-15-5-3-4-6-15)18-13-23(2)10-9-20(18)22-19/h7-8,11,15,21H,3-6,9-10,12-13H2,1-2H3. The van der Waals surface area contributed by atoms with Crippen molar-refractivity contribution >= 4 is 10.9 Å². The zero-order chi connectivity index (χ0) is 15.8. The number of nitrogens with zero attached hydrogens (tertiary/aromatic N) is 2. The van der Waals surface area contributed by atoms with E-state index in [1.807, 2.05) is 0 Å². The quantitative estimate of drug-likeness (QED) is 0.939. The average Bonchev–Trinajstić information content (AvgIpc) is 3.05. The van der Waals surface area contributed by atoms with E-state index in [1.54, 1.807) is 0 Å². The molecule has 3 heteroatoms. The number of rotatable bonds is 3. The summed E-state index contributed by atoms with van der Waals surface area (Å²) in [6.45, 7) is 5.32. The lowest BCUT2D eigenvalue weighted by atomic mass is 9.95. The van der Waals surface area contributed by atoms with E-state index >= 15 is 0 Å². The second kappa shape index (κ2) is 6.21. The monoisotopic (exact) mass is 309 g/mol. The van der Waals surface area contributed by atoms with Gasteiger partial charge >= 0.3 is 0 Å². The minimum Gasteiger partial charge on any atom is -0.310 e. The molecular formula is C20H27N3. The fourth-order valence-electron chi connectivity index (χ4n) is 4.16. The summed E-state index contributed by atoms with van der Waals surface area (Å²) in [5, 5.41) is 5.18. The number of pyridine rings is 1. The Bertz CT molecular complexity index is 716. The van der Waals surface area contributed by atoms with Gasteiger partial charge in [0, 0.05) is 43.2 Å². The summed E-state index contributed by atoms with van der Waals surface area (Å²) in [4.78, 5) is 7.40. The summed E-state index contributed by atoms with van der Waals surface area (Å²) in [6.07, 6.45) is 6.52. The Balaban J connectivity index is 1.76. The first kappa shape index (κ1) is 15.1. The summed E-state index contributed by atoms with van der Waals surface area (Å²) in [7, 11) is 2.22. The van der Waals surface area contributed by atoms with Crippen LogP contribution in [0.15, 0.2) is 18.2 Å². The Morgan fingerprint density at radius 3 is 2.91 bits per heavy atom. The minimum absolute atomic E-state index is 0.708. The van der Waals surface area contributed by atoms with Crippen LogP contribution in [0.3, 0.4) is 0 Å². The van der Waals surface area contributed by atoms with Crippen LogP contribution in [0.25, 0.3) is 10.9 Å². The van der Waals surface area contributed by atoms with Crippen LogP contribution in [0.4, 0.5) is 0 Å². The number of aromatic nitrogens is 1. The van der Waals surface area contributed by atoms with Crippen LogP contribution in [0, 0.1) is 6.92 Å². The van der Waals surface area contributed by atoms with Crippen molar-refractivity contribution in [1.82, 2.24) is 15.2 Å². The molecule has 0 saturated heterocycles. The lowest BCUT2D eigenvalue weighted by Crippen LogP contribution is -2.31. The van der Waals surface area contributed by atoms with E-state index in [4.69, 9.17) is 4.98 Å². The van der Waals surface area contributed by atoms with Crippen LogP contribution in [-0.4, -0.2) is 29.5 Å². The van der Waals surface area contributed by atoms with Crippen molar-refractivity contribution in [2.24, 2.45) is 0 Å². The predicted molar refractivity (Wildman–Crippen MR) is 95.6 cm³/mol. The molecule has 0 unspecified atom stereocenters. The third-order valence-electron chi connectivity index (χ3n) is 5.53. The van der Waals surface area contributed by atoms with Gasteiger partial charge in [0.2, 0.25) is 0 Å². The van der Waals surface area contributed by atoms with Crippen molar-refractivity contribution in [3.63, 3.8) is 0 Å². The van der Waals surface area contributed by atoms with Crippen molar-refractivity contribution < 1.29 is 0 Å². The molecule has 1 aliphatic heterocycles. The van der Waals surface area contributed by atoms with Crippen molar-refractivity contribution in [2.75, 3.05) is 13.6 Å². The average molecular weight is 309 g/mol. The maximum absolute atomic E-state index is 4.98. The fourth-order valence-corrected chi connectivity index (χ4v) is 4.16. The van der Waals surface area contributed by atoms with Gasteiger partial charge in [0.15, 0.2) is 0 Å². The van der Waals surface area contributed by atoms with Crippen molar-refractivity contribution in [2.45, 2.75) is 58.2 Å². The molecule has 1 aromatic heterocycles. The van der Waals surface area contributed by atoms with Gasteiger partial charge in [-0.1, -0.05) is 24.5 Å². The van der Waals surface area contributed by atoms with Crippen LogP contribution in [-0.2, 0) is 19.5 Å². The van der Waals surface area contributed by atoms with Crippen molar-refractivity contribution in [3.05, 3.63) is 40.6 Å². The molecule has 1 saturated carbocycles. The molecule has 0 bridgehead atoms. The van der Waals surface area contributed by atoms with E-state index in [1.165, 1.54) is 59.0 Å². The molecule has 122 valence electrons. The van der Waals surface area contributed by atoms with Gasteiger partial charge in [-0.05, 0) is 50.1 Å². The molecule has 1 aromatic carbocycles. The number of nitrogens with one attached hydrogen (secondary N) is 1. The van der Waals surface area contributed by atoms with Gasteiger partial charge in [0.25, 0.3) is 0 Å². The van der Waals surface area contributed by atoms with Crippen LogP contribution in [0.1, 0.15) is 48.1 Å². The summed E-state index contributed by atoms with van der Waals surface area (Å²) >= 11 is 0. The Kier molecular flexibility index (Phi) is 4.08. The molecule has 1 N–H and O–H groups in total. The van der Waals surface area contributed by atoms with Gasteiger partial charge in [-0.25, -0.2) is 0 Å². The largest absolute Gasteiger partial charge is 0.310 e. The topological polar surface area (TPSA) is 28.2 Å². The molecule has 1 aliphatic carbocycles. The molecule has 1 fully saturated rings. The van der Waals surface area contributed by atoms with Gasteiger partial charge < -0.3 is 10.2 Å².